The smallest absolute Gasteiger partial charge is 0.0651 e. The maximum atomic E-state index is 6.05. The largest absolute Gasteiger partial charge is 0.327 e. The Balaban J connectivity index is 2.36. The van der Waals surface area contributed by atoms with Crippen LogP contribution in [-0.4, -0.2) is 15.8 Å². The van der Waals surface area contributed by atoms with Crippen molar-refractivity contribution in [2.24, 2.45) is 5.73 Å². The third kappa shape index (κ3) is 2.93. The molecule has 20 heavy (non-hydrogen) atoms. The average Bonchev–Trinajstić information content (AvgIpc) is 2.73. The molecule has 0 aliphatic rings. The number of aryl methyl sites for hydroxylation is 1. The SMILES string of the molecule is CCc1c(C)nn(-c2cccc(CC(N)CC)c2)c1C. The molecular formula is C17H25N3. The van der Waals surface area contributed by atoms with Crippen LogP contribution in [0.15, 0.2) is 24.3 Å². The van der Waals surface area contributed by atoms with E-state index in [0.29, 0.717) is 0 Å². The van der Waals surface area contributed by atoms with Crippen molar-refractivity contribution >= 4 is 0 Å². The lowest BCUT2D eigenvalue weighted by molar-refractivity contribution is 0.646. The van der Waals surface area contributed by atoms with Gasteiger partial charge in [-0.25, -0.2) is 4.68 Å². The van der Waals surface area contributed by atoms with E-state index in [1.54, 1.807) is 0 Å². The van der Waals surface area contributed by atoms with Gasteiger partial charge in [0.05, 0.1) is 11.4 Å². The number of benzene rings is 1. The highest BCUT2D eigenvalue weighted by Crippen LogP contribution is 2.19. The Morgan fingerprint density at radius 2 is 2.00 bits per heavy atom. The number of aromatic nitrogens is 2. The molecule has 0 amide bonds. The van der Waals surface area contributed by atoms with Gasteiger partial charge in [0.25, 0.3) is 0 Å². The molecule has 0 saturated heterocycles. The molecule has 1 aromatic heterocycles. The molecule has 1 atom stereocenters. The van der Waals surface area contributed by atoms with E-state index in [2.05, 4.69) is 61.7 Å². The zero-order valence-corrected chi connectivity index (χ0v) is 13.0. The highest BCUT2D eigenvalue weighted by atomic mass is 15.3. The van der Waals surface area contributed by atoms with Crippen LogP contribution in [0.4, 0.5) is 0 Å². The van der Waals surface area contributed by atoms with Gasteiger partial charge in [-0.1, -0.05) is 26.0 Å². The number of nitrogens with zero attached hydrogens (tertiary/aromatic N) is 2. The summed E-state index contributed by atoms with van der Waals surface area (Å²) >= 11 is 0. The quantitative estimate of drug-likeness (QED) is 0.906. The van der Waals surface area contributed by atoms with E-state index in [-0.39, 0.29) is 6.04 Å². The summed E-state index contributed by atoms with van der Waals surface area (Å²) in [5, 5.41) is 4.68. The minimum atomic E-state index is 0.233. The third-order valence-electron chi connectivity index (χ3n) is 3.97. The van der Waals surface area contributed by atoms with E-state index in [9.17, 15) is 0 Å². The van der Waals surface area contributed by atoms with Crippen LogP contribution in [0.25, 0.3) is 5.69 Å². The summed E-state index contributed by atoms with van der Waals surface area (Å²) in [6.45, 7) is 8.53. The summed E-state index contributed by atoms with van der Waals surface area (Å²) in [6.07, 6.45) is 2.95. The van der Waals surface area contributed by atoms with Crippen molar-refractivity contribution in [3.8, 4) is 5.69 Å². The van der Waals surface area contributed by atoms with Crippen molar-refractivity contribution in [3.63, 3.8) is 0 Å². The summed E-state index contributed by atoms with van der Waals surface area (Å²) in [7, 11) is 0. The summed E-state index contributed by atoms with van der Waals surface area (Å²) < 4.78 is 2.05. The minimum absolute atomic E-state index is 0.233. The predicted molar refractivity (Wildman–Crippen MR) is 84.4 cm³/mol. The first-order valence-corrected chi connectivity index (χ1v) is 7.46. The van der Waals surface area contributed by atoms with Gasteiger partial charge in [-0.05, 0) is 56.4 Å². The molecule has 3 nitrogen and oxygen atoms in total. The maximum Gasteiger partial charge on any atom is 0.0651 e. The molecule has 0 aliphatic heterocycles. The van der Waals surface area contributed by atoms with Crippen LogP contribution in [0.5, 0.6) is 0 Å². The van der Waals surface area contributed by atoms with Crippen molar-refractivity contribution in [2.45, 2.75) is 53.0 Å². The third-order valence-corrected chi connectivity index (χ3v) is 3.97. The molecule has 0 aliphatic carbocycles. The number of hydrogen-bond donors (Lipinski definition) is 1. The predicted octanol–water partition coefficient (Wildman–Crippen LogP) is 3.33. The number of rotatable bonds is 5. The molecule has 0 saturated carbocycles. The van der Waals surface area contributed by atoms with Gasteiger partial charge >= 0.3 is 0 Å². The van der Waals surface area contributed by atoms with Gasteiger partial charge in [-0.2, -0.15) is 5.10 Å². The Bertz CT molecular complexity index is 584. The Morgan fingerprint density at radius 3 is 2.60 bits per heavy atom. The molecule has 1 heterocycles. The van der Waals surface area contributed by atoms with Crippen LogP contribution in [0.2, 0.25) is 0 Å². The van der Waals surface area contributed by atoms with Crippen LogP contribution in [0.1, 0.15) is 42.8 Å². The first kappa shape index (κ1) is 14.8. The highest BCUT2D eigenvalue weighted by molar-refractivity contribution is 5.39. The molecule has 2 N–H and O–H groups in total. The molecule has 2 aromatic rings. The van der Waals surface area contributed by atoms with Crippen LogP contribution in [0.3, 0.4) is 0 Å². The summed E-state index contributed by atoms with van der Waals surface area (Å²) in [6, 6.07) is 8.78. The number of nitrogens with two attached hydrogens (primary N) is 1. The maximum absolute atomic E-state index is 6.05. The molecule has 1 unspecified atom stereocenters. The zero-order chi connectivity index (χ0) is 14.7. The van der Waals surface area contributed by atoms with E-state index >= 15 is 0 Å². The molecule has 1 aromatic carbocycles. The number of hydrogen-bond acceptors (Lipinski definition) is 2. The Morgan fingerprint density at radius 1 is 1.25 bits per heavy atom. The molecule has 0 radical (unpaired) electrons. The molecule has 0 spiro atoms. The Kier molecular flexibility index (Phi) is 4.61. The molecular weight excluding hydrogens is 246 g/mol. The summed E-state index contributed by atoms with van der Waals surface area (Å²) in [4.78, 5) is 0. The van der Waals surface area contributed by atoms with Gasteiger partial charge in [0.1, 0.15) is 0 Å². The van der Waals surface area contributed by atoms with Crippen LogP contribution in [0, 0.1) is 13.8 Å². The minimum Gasteiger partial charge on any atom is -0.327 e. The van der Waals surface area contributed by atoms with Gasteiger partial charge in [-0.3, -0.25) is 0 Å². The van der Waals surface area contributed by atoms with E-state index in [0.717, 1.165) is 30.6 Å². The van der Waals surface area contributed by atoms with Crippen LogP contribution < -0.4 is 5.73 Å². The fourth-order valence-corrected chi connectivity index (χ4v) is 2.70. The lowest BCUT2D eigenvalue weighted by Gasteiger charge is -2.11. The standard InChI is InChI=1S/C17H25N3/c1-5-15(18)10-14-8-7-9-16(11-14)20-13(4)17(6-2)12(3)19-20/h7-9,11,15H,5-6,10,18H2,1-4H3. The van der Waals surface area contributed by atoms with Crippen LogP contribution in [-0.2, 0) is 12.8 Å². The van der Waals surface area contributed by atoms with Crippen molar-refractivity contribution in [1.29, 1.82) is 0 Å². The zero-order valence-electron chi connectivity index (χ0n) is 13.0. The monoisotopic (exact) mass is 271 g/mol. The van der Waals surface area contributed by atoms with E-state index < -0.39 is 0 Å². The van der Waals surface area contributed by atoms with Crippen molar-refractivity contribution in [3.05, 3.63) is 46.8 Å². The van der Waals surface area contributed by atoms with Crippen molar-refractivity contribution < 1.29 is 0 Å². The molecule has 2 rings (SSSR count). The van der Waals surface area contributed by atoms with E-state index in [1.807, 2.05) is 0 Å². The van der Waals surface area contributed by atoms with Gasteiger partial charge in [0, 0.05) is 11.7 Å². The van der Waals surface area contributed by atoms with Crippen molar-refractivity contribution in [2.75, 3.05) is 0 Å². The van der Waals surface area contributed by atoms with Gasteiger partial charge in [0.2, 0.25) is 0 Å². The molecule has 0 bridgehead atoms. The Hall–Kier alpha value is -1.61. The second-order valence-electron chi connectivity index (χ2n) is 5.46. The molecule has 0 fully saturated rings. The van der Waals surface area contributed by atoms with Gasteiger partial charge < -0.3 is 5.73 Å². The highest BCUT2D eigenvalue weighted by Gasteiger charge is 2.11. The van der Waals surface area contributed by atoms with Gasteiger partial charge in [-0.15, -0.1) is 0 Å². The van der Waals surface area contributed by atoms with E-state index in [1.165, 1.54) is 16.8 Å². The Labute approximate surface area is 121 Å². The second kappa shape index (κ2) is 6.23. The fraction of sp³-hybridized carbons (Fsp3) is 0.471. The summed E-state index contributed by atoms with van der Waals surface area (Å²) in [5.41, 5.74) is 12.2. The summed E-state index contributed by atoms with van der Waals surface area (Å²) in [5.74, 6) is 0. The van der Waals surface area contributed by atoms with E-state index in [4.69, 9.17) is 5.73 Å². The first-order valence-electron chi connectivity index (χ1n) is 7.46. The second-order valence-corrected chi connectivity index (χ2v) is 5.46. The van der Waals surface area contributed by atoms with Gasteiger partial charge in [0.15, 0.2) is 0 Å². The normalized spacial score (nSPS) is 12.7. The topological polar surface area (TPSA) is 43.8 Å². The average molecular weight is 271 g/mol. The van der Waals surface area contributed by atoms with Crippen molar-refractivity contribution in [1.82, 2.24) is 9.78 Å². The molecule has 3 heteroatoms. The van der Waals surface area contributed by atoms with Crippen LogP contribution >= 0.6 is 0 Å². The lowest BCUT2D eigenvalue weighted by atomic mass is 10.0. The fourth-order valence-electron chi connectivity index (χ4n) is 2.70. The first-order chi connectivity index (χ1) is 9.56. The lowest BCUT2D eigenvalue weighted by Crippen LogP contribution is -2.21. The molecule has 108 valence electrons.